The average molecular weight is 274 g/mol. The van der Waals surface area contributed by atoms with E-state index in [2.05, 4.69) is 22.3 Å². The van der Waals surface area contributed by atoms with Crippen LogP contribution in [0, 0.1) is 0 Å². The van der Waals surface area contributed by atoms with E-state index >= 15 is 0 Å². The lowest BCUT2D eigenvalue weighted by Crippen LogP contribution is -2.26. The first-order valence-electron chi connectivity index (χ1n) is 7.53. The summed E-state index contributed by atoms with van der Waals surface area (Å²) in [6.45, 7) is 3.10. The smallest absolute Gasteiger partial charge is 0.207 e. The Kier molecular flexibility index (Phi) is 5.65. The number of unbranched alkanes of at least 4 members (excludes halogenated alkanes) is 5. The third-order valence-electron chi connectivity index (χ3n) is 3.36. The summed E-state index contributed by atoms with van der Waals surface area (Å²) in [6.07, 6.45) is 11.7. The molecule has 0 radical (unpaired) electrons. The Bertz CT molecular complexity index is 520. The van der Waals surface area contributed by atoms with Crippen molar-refractivity contribution in [2.45, 2.75) is 52.0 Å². The molecule has 2 aromatic heterocycles. The molecule has 2 rings (SSSR count). The van der Waals surface area contributed by atoms with E-state index in [4.69, 9.17) is 0 Å². The highest BCUT2D eigenvalue weighted by Crippen LogP contribution is 2.10. The molecular weight excluding hydrogens is 250 g/mol. The van der Waals surface area contributed by atoms with E-state index in [0.717, 1.165) is 18.5 Å². The fraction of sp³-hybridized carbons (Fsp3) is 0.600. The molecule has 20 heavy (non-hydrogen) atoms. The van der Waals surface area contributed by atoms with Crippen molar-refractivity contribution in [3.8, 4) is 11.4 Å². The van der Waals surface area contributed by atoms with Gasteiger partial charge in [-0.25, -0.2) is 4.57 Å². The van der Waals surface area contributed by atoms with E-state index < -0.39 is 0 Å². The molecule has 0 bridgehead atoms. The molecule has 0 atom stereocenters. The number of hydrogen-bond donors (Lipinski definition) is 0. The van der Waals surface area contributed by atoms with Gasteiger partial charge in [0.2, 0.25) is 5.82 Å². The van der Waals surface area contributed by atoms with Crippen LogP contribution in [0.1, 0.15) is 45.4 Å². The molecule has 0 aromatic carbocycles. The summed E-state index contributed by atoms with van der Waals surface area (Å²) in [7, 11) is 1.99. The number of pyridine rings is 1. The minimum Gasteiger partial charge on any atom is -0.207 e. The molecule has 0 N–H and O–H groups in total. The Morgan fingerprint density at radius 2 is 1.95 bits per heavy atom. The second-order valence-corrected chi connectivity index (χ2v) is 5.23. The van der Waals surface area contributed by atoms with Crippen LogP contribution in [-0.2, 0) is 13.6 Å². The topological polar surface area (TPSA) is 47.5 Å². The molecule has 2 aromatic rings. The van der Waals surface area contributed by atoms with Gasteiger partial charge in [0.1, 0.15) is 7.05 Å². The summed E-state index contributed by atoms with van der Waals surface area (Å²) < 4.78 is 1.99. The Balaban J connectivity index is 1.80. The maximum absolute atomic E-state index is 4.44. The fourth-order valence-corrected chi connectivity index (χ4v) is 2.21. The second-order valence-electron chi connectivity index (χ2n) is 5.23. The molecule has 5 nitrogen and oxygen atoms in total. The zero-order chi connectivity index (χ0) is 14.2. The maximum atomic E-state index is 4.44. The van der Waals surface area contributed by atoms with Gasteiger partial charge in [0, 0.05) is 6.07 Å². The van der Waals surface area contributed by atoms with Crippen molar-refractivity contribution in [1.82, 2.24) is 20.2 Å². The zero-order valence-electron chi connectivity index (χ0n) is 12.5. The third kappa shape index (κ3) is 4.40. The van der Waals surface area contributed by atoms with Crippen LogP contribution in [0.3, 0.4) is 0 Å². The van der Waals surface area contributed by atoms with Gasteiger partial charge in [0.15, 0.2) is 12.4 Å². The van der Waals surface area contributed by atoms with E-state index in [1.807, 2.05) is 36.1 Å². The fourth-order valence-electron chi connectivity index (χ4n) is 2.21. The van der Waals surface area contributed by atoms with Crippen molar-refractivity contribution in [3.05, 3.63) is 24.5 Å². The molecule has 0 saturated carbocycles. The van der Waals surface area contributed by atoms with E-state index in [1.54, 1.807) is 4.80 Å². The first-order valence-corrected chi connectivity index (χ1v) is 7.53. The lowest BCUT2D eigenvalue weighted by atomic mass is 10.1. The number of hydrogen-bond acceptors (Lipinski definition) is 3. The highest BCUT2D eigenvalue weighted by molar-refractivity contribution is 5.50. The predicted molar refractivity (Wildman–Crippen MR) is 77.8 cm³/mol. The summed E-state index contributed by atoms with van der Waals surface area (Å²) in [5, 5.41) is 12.7. The first kappa shape index (κ1) is 14.6. The van der Waals surface area contributed by atoms with Crippen LogP contribution in [0.25, 0.3) is 11.4 Å². The van der Waals surface area contributed by atoms with Crippen LogP contribution in [0.15, 0.2) is 24.5 Å². The number of aryl methyl sites for hydroxylation is 2. The van der Waals surface area contributed by atoms with Crippen molar-refractivity contribution in [1.29, 1.82) is 0 Å². The van der Waals surface area contributed by atoms with Gasteiger partial charge in [0.25, 0.3) is 0 Å². The molecular formula is C15H24N5+. The molecule has 0 unspecified atom stereocenters. The van der Waals surface area contributed by atoms with E-state index in [0.29, 0.717) is 5.82 Å². The van der Waals surface area contributed by atoms with Crippen LogP contribution in [-0.4, -0.2) is 20.2 Å². The normalized spacial score (nSPS) is 10.9. The van der Waals surface area contributed by atoms with Crippen LogP contribution in [0.2, 0.25) is 0 Å². The largest absolute Gasteiger partial charge is 0.210 e. The van der Waals surface area contributed by atoms with Crippen molar-refractivity contribution in [2.75, 3.05) is 0 Å². The molecule has 2 heterocycles. The predicted octanol–water partition coefficient (Wildman–Crippen LogP) is 2.53. The van der Waals surface area contributed by atoms with Crippen LogP contribution in [0.5, 0.6) is 0 Å². The van der Waals surface area contributed by atoms with Crippen molar-refractivity contribution in [2.24, 2.45) is 7.05 Å². The Morgan fingerprint density at radius 1 is 1.15 bits per heavy atom. The van der Waals surface area contributed by atoms with Gasteiger partial charge in [-0.3, -0.25) is 0 Å². The van der Waals surface area contributed by atoms with Gasteiger partial charge in [-0.2, -0.15) is 4.80 Å². The highest BCUT2D eigenvalue weighted by atomic mass is 15.6. The molecule has 0 aliphatic heterocycles. The van der Waals surface area contributed by atoms with Gasteiger partial charge in [-0.1, -0.05) is 39.0 Å². The third-order valence-corrected chi connectivity index (χ3v) is 3.36. The van der Waals surface area contributed by atoms with Crippen molar-refractivity contribution < 1.29 is 4.57 Å². The minimum atomic E-state index is 0.701. The highest BCUT2D eigenvalue weighted by Gasteiger charge is 2.08. The molecule has 5 heteroatoms. The lowest BCUT2D eigenvalue weighted by Gasteiger charge is -1.99. The van der Waals surface area contributed by atoms with Crippen LogP contribution < -0.4 is 4.57 Å². The van der Waals surface area contributed by atoms with Gasteiger partial charge in [-0.05, 0) is 17.7 Å². The second kappa shape index (κ2) is 7.72. The van der Waals surface area contributed by atoms with Gasteiger partial charge in [-0.15, -0.1) is 10.2 Å². The standard InChI is InChI=1S/C15H24N5/c1-3-4-5-6-7-8-12-20-17-15(16-18-20)14-10-9-11-19(2)13-14/h9-11,13H,3-8,12H2,1-2H3/q+1. The summed E-state index contributed by atoms with van der Waals surface area (Å²) in [5.41, 5.74) is 1.00. The molecule has 0 amide bonds. The lowest BCUT2D eigenvalue weighted by molar-refractivity contribution is -0.671. The number of nitrogens with zero attached hydrogens (tertiary/aromatic N) is 5. The van der Waals surface area contributed by atoms with Gasteiger partial charge in [0.05, 0.1) is 12.1 Å². The SMILES string of the molecule is CCCCCCCCn1nnc(-c2ccc[n+](C)c2)n1. The maximum Gasteiger partial charge on any atom is 0.210 e. The molecule has 0 fully saturated rings. The Labute approximate surface area is 120 Å². The monoisotopic (exact) mass is 274 g/mol. The van der Waals surface area contributed by atoms with E-state index in [-0.39, 0.29) is 0 Å². The van der Waals surface area contributed by atoms with Gasteiger partial charge >= 0.3 is 0 Å². The van der Waals surface area contributed by atoms with Crippen molar-refractivity contribution in [3.63, 3.8) is 0 Å². The number of aromatic nitrogens is 5. The zero-order valence-corrected chi connectivity index (χ0v) is 12.5. The van der Waals surface area contributed by atoms with E-state index in [1.165, 1.54) is 32.1 Å². The number of rotatable bonds is 8. The quantitative estimate of drug-likeness (QED) is 0.549. The molecule has 0 saturated heterocycles. The summed E-state index contributed by atoms with van der Waals surface area (Å²) in [4.78, 5) is 1.71. The molecule has 108 valence electrons. The minimum absolute atomic E-state index is 0.701. The first-order chi connectivity index (χ1) is 9.79. The summed E-state index contributed by atoms with van der Waals surface area (Å²) in [6, 6.07) is 4.00. The number of tetrazole rings is 1. The molecule has 0 aliphatic carbocycles. The average Bonchev–Trinajstić information content (AvgIpc) is 2.91. The molecule has 0 aliphatic rings. The Hall–Kier alpha value is -1.78. The van der Waals surface area contributed by atoms with Gasteiger partial charge < -0.3 is 0 Å². The van der Waals surface area contributed by atoms with Crippen molar-refractivity contribution >= 4 is 0 Å². The Morgan fingerprint density at radius 3 is 2.75 bits per heavy atom. The summed E-state index contributed by atoms with van der Waals surface area (Å²) >= 11 is 0. The van der Waals surface area contributed by atoms with Crippen LogP contribution in [0.4, 0.5) is 0 Å². The van der Waals surface area contributed by atoms with E-state index in [9.17, 15) is 0 Å². The van der Waals surface area contributed by atoms with Crippen LogP contribution >= 0.6 is 0 Å². The summed E-state index contributed by atoms with van der Waals surface area (Å²) in [5.74, 6) is 0.701. The molecule has 0 spiro atoms.